The summed E-state index contributed by atoms with van der Waals surface area (Å²) in [7, 11) is 0. The summed E-state index contributed by atoms with van der Waals surface area (Å²) in [5, 5.41) is -0.341. The third kappa shape index (κ3) is 2.71. The molecule has 1 nitrogen and oxygen atoms in total. The molecule has 0 heterocycles. The van der Waals surface area contributed by atoms with E-state index >= 15 is 0 Å². The van der Waals surface area contributed by atoms with E-state index in [9.17, 15) is 4.79 Å². The molecule has 1 unspecified atom stereocenters. The first kappa shape index (κ1) is 10.6. The van der Waals surface area contributed by atoms with Gasteiger partial charge >= 0.3 is 0 Å². The van der Waals surface area contributed by atoms with Gasteiger partial charge in [-0.1, -0.05) is 31.2 Å². The van der Waals surface area contributed by atoms with Crippen molar-refractivity contribution in [2.24, 2.45) is 0 Å². The lowest BCUT2D eigenvalue weighted by Gasteiger charge is -2.07. The second-order valence-corrected chi connectivity index (χ2v) is 3.54. The molecule has 1 atom stereocenters. The van der Waals surface area contributed by atoms with Crippen molar-refractivity contribution in [2.45, 2.75) is 18.7 Å². The van der Waals surface area contributed by atoms with Crippen LogP contribution in [0.1, 0.15) is 24.0 Å². The van der Waals surface area contributed by atoms with Gasteiger partial charge in [-0.2, -0.15) is 0 Å². The molecule has 1 rings (SSSR count). The molecule has 0 aliphatic carbocycles. The minimum absolute atomic E-state index is 0.259. The molecule has 0 spiro atoms. The van der Waals surface area contributed by atoms with E-state index in [2.05, 4.69) is 0 Å². The summed E-state index contributed by atoms with van der Waals surface area (Å²) in [5.74, 6) is 0.196. The van der Waals surface area contributed by atoms with Crippen LogP contribution in [0.2, 0.25) is 0 Å². The molecule has 0 aliphatic rings. The molecular formula is C10H10Cl2O. The maximum atomic E-state index is 10.9. The zero-order chi connectivity index (χ0) is 9.84. The number of rotatable bonds is 3. The van der Waals surface area contributed by atoms with Gasteiger partial charge in [0.15, 0.2) is 0 Å². The van der Waals surface area contributed by atoms with E-state index in [1.165, 1.54) is 0 Å². The van der Waals surface area contributed by atoms with Crippen molar-refractivity contribution < 1.29 is 4.79 Å². The normalized spacial score (nSPS) is 12.5. The highest BCUT2D eigenvalue weighted by Gasteiger charge is 2.12. The maximum Gasteiger partial charge on any atom is 0.228 e. The monoisotopic (exact) mass is 216 g/mol. The predicted octanol–water partition coefficient (Wildman–Crippen LogP) is 3.29. The lowest BCUT2D eigenvalue weighted by Crippen LogP contribution is -2.01. The van der Waals surface area contributed by atoms with Crippen LogP contribution in [-0.4, -0.2) is 5.24 Å². The van der Waals surface area contributed by atoms with Crippen LogP contribution in [0.5, 0.6) is 0 Å². The summed E-state index contributed by atoms with van der Waals surface area (Å²) in [6.45, 7) is 1.78. The van der Waals surface area contributed by atoms with Crippen LogP contribution in [0.3, 0.4) is 0 Å². The molecule has 0 radical (unpaired) electrons. The van der Waals surface area contributed by atoms with Gasteiger partial charge in [0.05, 0.1) is 5.92 Å². The molecule has 0 N–H and O–H groups in total. The Bertz CT molecular complexity index is 310. The van der Waals surface area contributed by atoms with E-state index in [0.29, 0.717) is 5.88 Å². The van der Waals surface area contributed by atoms with Crippen LogP contribution in [0, 0.1) is 0 Å². The summed E-state index contributed by atoms with van der Waals surface area (Å²) in [6.07, 6.45) is 0. The average Bonchev–Trinajstić information content (AvgIpc) is 2.16. The van der Waals surface area contributed by atoms with Gasteiger partial charge in [-0.15, -0.1) is 11.6 Å². The molecule has 0 saturated heterocycles. The summed E-state index contributed by atoms with van der Waals surface area (Å²) < 4.78 is 0. The number of carbonyl (C=O) groups excluding carboxylic acids is 1. The van der Waals surface area contributed by atoms with E-state index in [0.717, 1.165) is 11.1 Å². The first-order chi connectivity index (χ1) is 6.15. The van der Waals surface area contributed by atoms with E-state index in [-0.39, 0.29) is 11.2 Å². The van der Waals surface area contributed by atoms with Crippen molar-refractivity contribution in [2.75, 3.05) is 0 Å². The summed E-state index contributed by atoms with van der Waals surface area (Å²) >= 11 is 11.1. The minimum Gasteiger partial charge on any atom is -0.281 e. The van der Waals surface area contributed by atoms with Crippen molar-refractivity contribution in [1.82, 2.24) is 0 Å². The van der Waals surface area contributed by atoms with E-state index < -0.39 is 0 Å². The van der Waals surface area contributed by atoms with Crippen molar-refractivity contribution in [1.29, 1.82) is 0 Å². The molecule has 0 amide bonds. The predicted molar refractivity (Wildman–Crippen MR) is 55.3 cm³/mol. The van der Waals surface area contributed by atoms with Gasteiger partial charge in [0.2, 0.25) is 5.24 Å². The van der Waals surface area contributed by atoms with Crippen molar-refractivity contribution in [3.05, 3.63) is 35.4 Å². The Morgan fingerprint density at radius 3 is 2.77 bits per heavy atom. The molecule has 0 aromatic heterocycles. The highest BCUT2D eigenvalue weighted by atomic mass is 35.5. The Hall–Kier alpha value is -0.530. The lowest BCUT2D eigenvalue weighted by molar-refractivity contribution is -0.112. The van der Waals surface area contributed by atoms with E-state index in [1.54, 1.807) is 6.92 Å². The maximum absolute atomic E-state index is 10.9. The third-order valence-corrected chi connectivity index (χ3v) is 2.58. The molecular weight excluding hydrogens is 207 g/mol. The summed E-state index contributed by atoms with van der Waals surface area (Å²) in [4.78, 5) is 10.9. The van der Waals surface area contributed by atoms with Gasteiger partial charge in [0.1, 0.15) is 0 Å². The lowest BCUT2D eigenvalue weighted by atomic mass is 10.0. The van der Waals surface area contributed by atoms with Gasteiger partial charge in [-0.3, -0.25) is 4.79 Å². The number of hydrogen-bond acceptors (Lipinski definition) is 1. The fraction of sp³-hybridized carbons (Fsp3) is 0.300. The standard InChI is InChI=1S/C10H10Cl2O/c1-7(10(12)13)9-4-2-3-8(5-9)6-11/h2-5,7H,6H2,1H3. The van der Waals surface area contributed by atoms with Gasteiger partial charge in [-0.05, 0) is 22.7 Å². The Morgan fingerprint density at radius 1 is 1.54 bits per heavy atom. The molecule has 1 aromatic rings. The van der Waals surface area contributed by atoms with Crippen LogP contribution in [0.4, 0.5) is 0 Å². The topological polar surface area (TPSA) is 17.1 Å². The molecule has 0 bridgehead atoms. The number of hydrogen-bond donors (Lipinski definition) is 0. The number of halogens is 2. The fourth-order valence-corrected chi connectivity index (χ4v) is 1.37. The number of carbonyl (C=O) groups is 1. The Labute approximate surface area is 87.7 Å². The Morgan fingerprint density at radius 2 is 2.23 bits per heavy atom. The van der Waals surface area contributed by atoms with Gasteiger partial charge in [-0.25, -0.2) is 0 Å². The van der Waals surface area contributed by atoms with Crippen LogP contribution in [0.15, 0.2) is 24.3 Å². The Kier molecular flexibility index (Phi) is 3.76. The molecule has 3 heteroatoms. The number of alkyl halides is 1. The number of benzene rings is 1. The first-order valence-electron chi connectivity index (χ1n) is 3.99. The van der Waals surface area contributed by atoms with E-state index in [4.69, 9.17) is 23.2 Å². The van der Waals surface area contributed by atoms with Crippen LogP contribution in [-0.2, 0) is 10.7 Å². The van der Waals surface area contributed by atoms with Gasteiger partial charge in [0.25, 0.3) is 0 Å². The molecule has 1 aromatic carbocycles. The smallest absolute Gasteiger partial charge is 0.228 e. The fourth-order valence-electron chi connectivity index (χ4n) is 1.08. The van der Waals surface area contributed by atoms with Crippen LogP contribution in [0.25, 0.3) is 0 Å². The second-order valence-electron chi connectivity index (χ2n) is 2.90. The first-order valence-corrected chi connectivity index (χ1v) is 4.90. The zero-order valence-electron chi connectivity index (χ0n) is 7.26. The van der Waals surface area contributed by atoms with E-state index in [1.807, 2.05) is 24.3 Å². The second kappa shape index (κ2) is 4.64. The third-order valence-electron chi connectivity index (χ3n) is 1.95. The minimum atomic E-state index is -0.341. The van der Waals surface area contributed by atoms with Crippen molar-refractivity contribution in [3.8, 4) is 0 Å². The van der Waals surface area contributed by atoms with Crippen LogP contribution < -0.4 is 0 Å². The Balaban J connectivity index is 2.94. The highest BCUT2D eigenvalue weighted by Crippen LogP contribution is 2.19. The molecule has 0 fully saturated rings. The van der Waals surface area contributed by atoms with Crippen molar-refractivity contribution in [3.63, 3.8) is 0 Å². The largest absolute Gasteiger partial charge is 0.281 e. The SMILES string of the molecule is CC(C(=O)Cl)c1cccc(CCl)c1. The van der Waals surface area contributed by atoms with Crippen molar-refractivity contribution >= 4 is 28.4 Å². The molecule has 13 heavy (non-hydrogen) atoms. The van der Waals surface area contributed by atoms with Gasteiger partial charge in [0, 0.05) is 5.88 Å². The van der Waals surface area contributed by atoms with Crippen LogP contribution >= 0.6 is 23.2 Å². The molecule has 0 aliphatic heterocycles. The summed E-state index contributed by atoms with van der Waals surface area (Å²) in [5.41, 5.74) is 1.92. The average molecular weight is 217 g/mol. The van der Waals surface area contributed by atoms with Gasteiger partial charge < -0.3 is 0 Å². The zero-order valence-corrected chi connectivity index (χ0v) is 8.77. The molecule has 70 valence electrons. The molecule has 0 saturated carbocycles. The highest BCUT2D eigenvalue weighted by molar-refractivity contribution is 6.64. The quantitative estimate of drug-likeness (QED) is 0.560. The summed E-state index contributed by atoms with van der Waals surface area (Å²) in [6, 6.07) is 7.57.